The quantitative estimate of drug-likeness (QED) is 0.414. The van der Waals surface area contributed by atoms with Gasteiger partial charge < -0.3 is 20.3 Å². The van der Waals surface area contributed by atoms with Gasteiger partial charge in [0.05, 0.1) is 5.52 Å². The Bertz CT molecular complexity index is 1190. The molecule has 1 aliphatic heterocycles. The molecule has 180 valence electrons. The Morgan fingerprint density at radius 1 is 1.09 bits per heavy atom. The number of hydrogen-bond acceptors (Lipinski definition) is 6. The molecule has 0 bridgehead atoms. The number of hydrogen-bond donors (Lipinski definition) is 2. The van der Waals surface area contributed by atoms with Gasteiger partial charge in [-0.25, -0.2) is 14.2 Å². The van der Waals surface area contributed by atoms with Crippen LogP contribution in [0.1, 0.15) is 33.6 Å². The van der Waals surface area contributed by atoms with E-state index in [2.05, 4.69) is 20.6 Å². The first-order valence-electron chi connectivity index (χ1n) is 11.0. The summed E-state index contributed by atoms with van der Waals surface area (Å²) in [5.74, 6) is 0.461. The molecule has 0 spiro atoms. The van der Waals surface area contributed by atoms with Gasteiger partial charge in [-0.2, -0.15) is 4.98 Å². The van der Waals surface area contributed by atoms with Crippen LogP contribution < -0.4 is 10.6 Å². The van der Waals surface area contributed by atoms with E-state index in [0.29, 0.717) is 64.3 Å². The first kappa shape index (κ1) is 24.3. The van der Waals surface area contributed by atoms with Crippen molar-refractivity contribution >= 4 is 57.7 Å². The molecule has 1 aromatic heterocycles. The molecule has 34 heavy (non-hydrogen) atoms. The van der Waals surface area contributed by atoms with E-state index in [1.807, 2.05) is 20.8 Å². The van der Waals surface area contributed by atoms with Crippen molar-refractivity contribution < 1.29 is 13.9 Å². The van der Waals surface area contributed by atoms with Crippen LogP contribution in [0.2, 0.25) is 10.0 Å². The lowest BCUT2D eigenvalue weighted by atomic mass is 10.1. The van der Waals surface area contributed by atoms with Crippen LogP contribution in [-0.4, -0.2) is 45.7 Å². The second kappa shape index (κ2) is 9.80. The van der Waals surface area contributed by atoms with Crippen LogP contribution in [-0.2, 0) is 4.74 Å². The zero-order valence-corrected chi connectivity index (χ0v) is 20.7. The summed E-state index contributed by atoms with van der Waals surface area (Å²) >= 11 is 12.2. The van der Waals surface area contributed by atoms with E-state index in [-0.39, 0.29) is 18.0 Å². The summed E-state index contributed by atoms with van der Waals surface area (Å²) < 4.78 is 19.5. The van der Waals surface area contributed by atoms with Crippen molar-refractivity contribution in [1.82, 2.24) is 14.9 Å². The molecule has 1 saturated heterocycles. The normalized spacial score (nSPS) is 14.8. The lowest BCUT2D eigenvalue weighted by Gasteiger charge is -2.34. The second-order valence-corrected chi connectivity index (χ2v) is 10.1. The number of anilines is 3. The number of benzene rings is 2. The molecule has 2 N–H and O–H groups in total. The van der Waals surface area contributed by atoms with Crippen molar-refractivity contribution in [2.24, 2.45) is 0 Å². The Morgan fingerprint density at radius 2 is 1.76 bits per heavy atom. The Morgan fingerprint density at radius 3 is 2.41 bits per heavy atom. The Labute approximate surface area is 207 Å². The molecule has 2 aromatic carbocycles. The number of nitrogens with one attached hydrogen (secondary N) is 2. The average molecular weight is 506 g/mol. The summed E-state index contributed by atoms with van der Waals surface area (Å²) in [6.07, 6.45) is 1.09. The van der Waals surface area contributed by atoms with Crippen molar-refractivity contribution in [1.29, 1.82) is 0 Å². The van der Waals surface area contributed by atoms with Crippen LogP contribution >= 0.6 is 23.2 Å². The highest BCUT2D eigenvalue weighted by Crippen LogP contribution is 2.29. The number of carbonyl (C=O) groups excluding carboxylic acids is 1. The fourth-order valence-electron chi connectivity index (χ4n) is 3.75. The molecule has 4 rings (SSSR count). The molecule has 0 radical (unpaired) electrons. The molecular weight excluding hydrogens is 480 g/mol. The van der Waals surface area contributed by atoms with Gasteiger partial charge in [0.1, 0.15) is 17.2 Å². The second-order valence-electron chi connectivity index (χ2n) is 9.23. The third-order valence-corrected chi connectivity index (χ3v) is 5.70. The third-order valence-electron chi connectivity index (χ3n) is 5.26. The van der Waals surface area contributed by atoms with E-state index in [9.17, 15) is 9.18 Å². The Hall–Kier alpha value is -2.84. The van der Waals surface area contributed by atoms with Gasteiger partial charge in [-0.15, -0.1) is 0 Å². The third kappa shape index (κ3) is 6.18. The van der Waals surface area contributed by atoms with Gasteiger partial charge in [0.2, 0.25) is 5.95 Å². The smallest absolute Gasteiger partial charge is 0.410 e. The monoisotopic (exact) mass is 505 g/mol. The van der Waals surface area contributed by atoms with Crippen LogP contribution in [0, 0.1) is 5.82 Å². The molecule has 3 aromatic rings. The summed E-state index contributed by atoms with van der Waals surface area (Å²) in [5, 5.41) is 8.07. The molecule has 7 nitrogen and oxygen atoms in total. The number of fused-ring (bicyclic) bond motifs is 1. The molecule has 1 fully saturated rings. The molecule has 0 atom stereocenters. The first-order chi connectivity index (χ1) is 16.1. The number of nitrogens with zero attached hydrogens (tertiary/aromatic N) is 3. The predicted octanol–water partition coefficient (Wildman–Crippen LogP) is 6.63. The van der Waals surface area contributed by atoms with Crippen LogP contribution in [0.3, 0.4) is 0 Å². The van der Waals surface area contributed by atoms with Gasteiger partial charge in [0, 0.05) is 40.3 Å². The van der Waals surface area contributed by atoms with Crippen molar-refractivity contribution in [2.45, 2.75) is 45.3 Å². The highest BCUT2D eigenvalue weighted by atomic mass is 35.5. The van der Waals surface area contributed by atoms with Gasteiger partial charge in [-0.05, 0) is 70.0 Å². The highest BCUT2D eigenvalue weighted by molar-refractivity contribution is 6.35. The molecule has 10 heteroatoms. The minimum atomic E-state index is -0.535. The Balaban J connectivity index is 1.53. The molecule has 0 saturated carbocycles. The summed E-state index contributed by atoms with van der Waals surface area (Å²) in [6, 6.07) is 9.49. The van der Waals surface area contributed by atoms with Crippen LogP contribution in [0.4, 0.5) is 26.6 Å². The molecule has 0 aliphatic carbocycles. The van der Waals surface area contributed by atoms with Crippen LogP contribution in [0.25, 0.3) is 10.9 Å². The minimum absolute atomic E-state index is 0.0496. The van der Waals surface area contributed by atoms with Crippen LogP contribution in [0.5, 0.6) is 0 Å². The predicted molar refractivity (Wildman–Crippen MR) is 134 cm³/mol. The summed E-state index contributed by atoms with van der Waals surface area (Å²) in [7, 11) is 0. The number of ether oxygens (including phenoxy) is 1. The molecule has 2 heterocycles. The summed E-state index contributed by atoms with van der Waals surface area (Å²) in [6.45, 7) is 6.65. The fraction of sp³-hybridized carbons (Fsp3) is 0.375. The molecule has 0 unspecified atom stereocenters. The van der Waals surface area contributed by atoms with Crippen molar-refractivity contribution in [3.63, 3.8) is 0 Å². The van der Waals surface area contributed by atoms with E-state index in [4.69, 9.17) is 27.9 Å². The zero-order valence-electron chi connectivity index (χ0n) is 19.2. The minimum Gasteiger partial charge on any atom is -0.444 e. The van der Waals surface area contributed by atoms with Crippen LogP contribution in [0.15, 0.2) is 36.4 Å². The van der Waals surface area contributed by atoms with E-state index >= 15 is 0 Å². The zero-order chi connectivity index (χ0) is 24.5. The Kier molecular flexibility index (Phi) is 7.00. The summed E-state index contributed by atoms with van der Waals surface area (Å²) in [4.78, 5) is 23.2. The van der Waals surface area contributed by atoms with Gasteiger partial charge >= 0.3 is 6.09 Å². The highest BCUT2D eigenvalue weighted by Gasteiger charge is 2.27. The fourth-order valence-corrected chi connectivity index (χ4v) is 4.27. The first-order valence-corrected chi connectivity index (χ1v) is 11.8. The maximum absolute atomic E-state index is 14.0. The number of amides is 1. The van der Waals surface area contributed by atoms with Gasteiger partial charge in [0.25, 0.3) is 0 Å². The lowest BCUT2D eigenvalue weighted by molar-refractivity contribution is 0.0210. The standard InChI is InChI=1S/C24H26Cl2FN5O2/c1-24(2,3)34-23(33)32-8-6-17(7-9-32)28-21-19-13-16(27)4-5-20(19)30-22(31-21)29-18-11-14(25)10-15(26)12-18/h4-5,10-13,17H,6-9H2,1-3H3,(H2,28,29,30,31). The number of aromatic nitrogens is 2. The van der Waals surface area contributed by atoms with Crippen molar-refractivity contribution in [2.75, 3.05) is 23.7 Å². The van der Waals surface area contributed by atoms with Gasteiger partial charge in [-0.3, -0.25) is 0 Å². The SMILES string of the molecule is CC(C)(C)OC(=O)N1CCC(Nc2nc(Nc3cc(Cl)cc(Cl)c3)nc3ccc(F)cc23)CC1. The number of rotatable bonds is 4. The number of carbonyl (C=O) groups is 1. The topological polar surface area (TPSA) is 79.4 Å². The maximum Gasteiger partial charge on any atom is 0.410 e. The molecule has 1 amide bonds. The van der Waals surface area contributed by atoms with Gasteiger partial charge in [-0.1, -0.05) is 23.2 Å². The van der Waals surface area contributed by atoms with Crippen molar-refractivity contribution in [3.8, 4) is 0 Å². The number of likely N-dealkylation sites (tertiary alicyclic amines) is 1. The van der Waals surface area contributed by atoms with E-state index in [1.165, 1.54) is 12.1 Å². The number of halogens is 3. The lowest BCUT2D eigenvalue weighted by Crippen LogP contribution is -2.44. The van der Waals surface area contributed by atoms with E-state index in [1.54, 1.807) is 29.2 Å². The molecular formula is C24H26Cl2FN5O2. The summed E-state index contributed by atoms with van der Waals surface area (Å²) in [5.41, 5.74) is 0.684. The molecule has 1 aliphatic rings. The van der Waals surface area contributed by atoms with E-state index < -0.39 is 5.60 Å². The average Bonchev–Trinajstić information content (AvgIpc) is 2.73. The largest absolute Gasteiger partial charge is 0.444 e. The van der Waals surface area contributed by atoms with Gasteiger partial charge in [0.15, 0.2) is 0 Å². The maximum atomic E-state index is 14.0. The number of piperidine rings is 1. The van der Waals surface area contributed by atoms with E-state index in [0.717, 1.165) is 0 Å². The van der Waals surface area contributed by atoms with Crippen molar-refractivity contribution in [3.05, 3.63) is 52.3 Å².